The predicted octanol–water partition coefficient (Wildman–Crippen LogP) is 3.11. The van der Waals surface area contributed by atoms with Crippen LogP contribution in [0, 0.1) is 6.92 Å². The maximum absolute atomic E-state index is 12.1. The first kappa shape index (κ1) is 14.1. The summed E-state index contributed by atoms with van der Waals surface area (Å²) in [5, 5.41) is 11.0. The van der Waals surface area contributed by atoms with Gasteiger partial charge in [-0.15, -0.1) is 0 Å². The van der Waals surface area contributed by atoms with Gasteiger partial charge in [0.25, 0.3) is 0 Å². The zero-order chi connectivity index (χ0) is 15.9. The van der Waals surface area contributed by atoms with Crippen LogP contribution in [0.3, 0.4) is 0 Å². The number of aliphatic carboxylic acids is 1. The lowest BCUT2D eigenvalue weighted by atomic mass is 10.0. The van der Waals surface area contributed by atoms with E-state index in [-0.39, 0.29) is 0 Å². The fourth-order valence-corrected chi connectivity index (χ4v) is 2.43. The molecule has 5 heteroatoms. The summed E-state index contributed by atoms with van der Waals surface area (Å²) in [6, 6.07) is 10.7. The molecule has 0 spiro atoms. The zero-order valence-electron chi connectivity index (χ0n) is 12.1. The van der Waals surface area contributed by atoms with Crippen molar-refractivity contribution in [1.82, 2.24) is 0 Å². The Morgan fingerprint density at radius 1 is 1.14 bits per heavy atom. The average Bonchev–Trinajstić information content (AvgIpc) is 2.51. The fraction of sp³-hybridized carbons (Fsp3) is 0.176. The van der Waals surface area contributed by atoms with E-state index in [1.54, 1.807) is 31.2 Å². The van der Waals surface area contributed by atoms with Crippen molar-refractivity contribution in [2.24, 2.45) is 0 Å². The molecule has 0 aliphatic heterocycles. The predicted molar refractivity (Wildman–Crippen MR) is 82.5 cm³/mol. The SMILES string of the molecule is Cc1c(O[C@H](C)C(=O)O)ccc2c1oc(=O)c1ccccc12. The fourth-order valence-electron chi connectivity index (χ4n) is 2.43. The monoisotopic (exact) mass is 298 g/mol. The van der Waals surface area contributed by atoms with Crippen molar-refractivity contribution in [2.45, 2.75) is 20.0 Å². The van der Waals surface area contributed by atoms with E-state index in [4.69, 9.17) is 14.3 Å². The van der Waals surface area contributed by atoms with Crippen LogP contribution in [0.15, 0.2) is 45.6 Å². The summed E-state index contributed by atoms with van der Waals surface area (Å²) in [6.07, 6.45) is -0.983. The minimum Gasteiger partial charge on any atom is -0.479 e. The standard InChI is InChI=1S/C17H14O5/c1-9-14(21-10(2)16(18)19)8-7-12-11-5-3-4-6-13(11)17(20)22-15(9)12/h3-8,10H,1-2H3,(H,18,19)/t10-/m1/s1. The minimum atomic E-state index is -1.06. The smallest absolute Gasteiger partial charge is 0.344 e. The summed E-state index contributed by atoms with van der Waals surface area (Å²) < 4.78 is 10.8. The van der Waals surface area contributed by atoms with Gasteiger partial charge in [-0.3, -0.25) is 0 Å². The van der Waals surface area contributed by atoms with Gasteiger partial charge in [-0.05, 0) is 37.4 Å². The molecule has 0 radical (unpaired) electrons. The lowest BCUT2D eigenvalue weighted by molar-refractivity contribution is -0.144. The Kier molecular flexibility index (Phi) is 3.33. The zero-order valence-corrected chi connectivity index (χ0v) is 12.1. The van der Waals surface area contributed by atoms with Gasteiger partial charge >= 0.3 is 11.6 Å². The van der Waals surface area contributed by atoms with Crippen molar-refractivity contribution < 1.29 is 19.1 Å². The Bertz CT molecular complexity index is 939. The van der Waals surface area contributed by atoms with Crippen LogP contribution in [0.1, 0.15) is 12.5 Å². The largest absolute Gasteiger partial charge is 0.479 e. The van der Waals surface area contributed by atoms with E-state index in [0.717, 1.165) is 10.8 Å². The Balaban J connectivity index is 2.26. The van der Waals surface area contributed by atoms with Crippen LogP contribution in [-0.4, -0.2) is 17.2 Å². The van der Waals surface area contributed by atoms with E-state index in [2.05, 4.69) is 0 Å². The molecule has 0 aliphatic rings. The molecular formula is C17H14O5. The molecule has 1 atom stereocenters. The van der Waals surface area contributed by atoms with Gasteiger partial charge in [0.1, 0.15) is 11.3 Å². The first-order valence-electron chi connectivity index (χ1n) is 6.83. The van der Waals surface area contributed by atoms with Crippen LogP contribution in [0.25, 0.3) is 21.7 Å². The molecule has 1 heterocycles. The Morgan fingerprint density at radius 3 is 2.50 bits per heavy atom. The quantitative estimate of drug-likeness (QED) is 0.594. The Labute approximate surface area is 125 Å². The first-order chi connectivity index (χ1) is 10.5. The first-order valence-corrected chi connectivity index (χ1v) is 6.83. The maximum Gasteiger partial charge on any atom is 0.344 e. The van der Waals surface area contributed by atoms with Crippen molar-refractivity contribution >= 4 is 27.7 Å². The van der Waals surface area contributed by atoms with E-state index >= 15 is 0 Å². The lowest BCUT2D eigenvalue weighted by Gasteiger charge is -2.14. The second-order valence-corrected chi connectivity index (χ2v) is 5.10. The van der Waals surface area contributed by atoms with Gasteiger partial charge in [0.15, 0.2) is 6.10 Å². The summed E-state index contributed by atoms with van der Waals surface area (Å²) in [6.45, 7) is 3.19. The molecule has 1 N–H and O–H groups in total. The lowest BCUT2D eigenvalue weighted by Crippen LogP contribution is -2.23. The van der Waals surface area contributed by atoms with Crippen LogP contribution in [0.4, 0.5) is 0 Å². The number of carboxylic acids is 1. The van der Waals surface area contributed by atoms with Crippen LogP contribution < -0.4 is 10.4 Å². The third-order valence-corrected chi connectivity index (χ3v) is 3.64. The molecule has 1 aromatic heterocycles. The molecule has 0 aliphatic carbocycles. The van der Waals surface area contributed by atoms with E-state index in [0.29, 0.717) is 22.3 Å². The highest BCUT2D eigenvalue weighted by atomic mass is 16.5. The molecule has 0 saturated carbocycles. The van der Waals surface area contributed by atoms with E-state index in [9.17, 15) is 9.59 Å². The molecule has 3 aromatic rings. The van der Waals surface area contributed by atoms with Crippen LogP contribution in [-0.2, 0) is 4.79 Å². The highest BCUT2D eigenvalue weighted by molar-refractivity contribution is 6.05. The summed E-state index contributed by atoms with van der Waals surface area (Å²) >= 11 is 0. The molecule has 0 bridgehead atoms. The Hall–Kier alpha value is -2.82. The molecule has 3 rings (SSSR count). The van der Waals surface area contributed by atoms with Crippen molar-refractivity contribution in [3.05, 3.63) is 52.4 Å². The van der Waals surface area contributed by atoms with E-state index < -0.39 is 17.7 Å². The van der Waals surface area contributed by atoms with Gasteiger partial charge in [-0.25, -0.2) is 9.59 Å². The topological polar surface area (TPSA) is 76.7 Å². The molecule has 0 unspecified atom stereocenters. The van der Waals surface area contributed by atoms with Gasteiger partial charge in [0.2, 0.25) is 0 Å². The molecule has 22 heavy (non-hydrogen) atoms. The number of benzene rings is 2. The highest BCUT2D eigenvalue weighted by Crippen LogP contribution is 2.31. The number of fused-ring (bicyclic) bond motifs is 3. The van der Waals surface area contributed by atoms with Crippen LogP contribution in [0.2, 0.25) is 0 Å². The molecule has 0 saturated heterocycles. The van der Waals surface area contributed by atoms with Crippen molar-refractivity contribution in [2.75, 3.05) is 0 Å². The number of carbonyl (C=O) groups is 1. The highest BCUT2D eigenvalue weighted by Gasteiger charge is 2.17. The normalized spacial score (nSPS) is 12.5. The summed E-state index contributed by atoms with van der Waals surface area (Å²) in [5.74, 6) is -0.666. The van der Waals surface area contributed by atoms with Gasteiger partial charge in [0.05, 0.1) is 5.39 Å². The summed E-state index contributed by atoms with van der Waals surface area (Å²) in [5.41, 5.74) is 0.599. The molecule has 0 amide bonds. The molecular weight excluding hydrogens is 284 g/mol. The molecule has 112 valence electrons. The Morgan fingerprint density at radius 2 is 1.82 bits per heavy atom. The minimum absolute atomic E-state index is 0.390. The van der Waals surface area contributed by atoms with E-state index in [1.807, 2.05) is 12.1 Å². The number of rotatable bonds is 3. The van der Waals surface area contributed by atoms with Crippen molar-refractivity contribution in [1.29, 1.82) is 0 Å². The second-order valence-electron chi connectivity index (χ2n) is 5.10. The molecule has 5 nitrogen and oxygen atoms in total. The van der Waals surface area contributed by atoms with Gasteiger partial charge in [0, 0.05) is 10.9 Å². The van der Waals surface area contributed by atoms with Gasteiger partial charge in [-0.1, -0.05) is 18.2 Å². The molecule has 0 fully saturated rings. The number of hydrogen-bond acceptors (Lipinski definition) is 4. The third-order valence-electron chi connectivity index (χ3n) is 3.64. The van der Waals surface area contributed by atoms with Crippen molar-refractivity contribution in [3.63, 3.8) is 0 Å². The van der Waals surface area contributed by atoms with E-state index in [1.165, 1.54) is 6.92 Å². The second kappa shape index (κ2) is 5.18. The van der Waals surface area contributed by atoms with Crippen molar-refractivity contribution in [3.8, 4) is 5.75 Å². The third kappa shape index (κ3) is 2.20. The summed E-state index contributed by atoms with van der Waals surface area (Å²) in [7, 11) is 0. The summed E-state index contributed by atoms with van der Waals surface area (Å²) in [4.78, 5) is 23.0. The number of aryl methyl sites for hydroxylation is 1. The number of hydrogen-bond donors (Lipinski definition) is 1. The van der Waals surface area contributed by atoms with Crippen LogP contribution >= 0.6 is 0 Å². The number of carboxylic acid groups (broad SMARTS) is 1. The van der Waals surface area contributed by atoms with Crippen LogP contribution in [0.5, 0.6) is 5.75 Å². The maximum atomic E-state index is 12.1. The average molecular weight is 298 g/mol. The van der Waals surface area contributed by atoms with Gasteiger partial charge < -0.3 is 14.3 Å². The molecule has 2 aromatic carbocycles. The van der Waals surface area contributed by atoms with Gasteiger partial charge in [-0.2, -0.15) is 0 Å². The number of ether oxygens (including phenoxy) is 1.